The quantitative estimate of drug-likeness (QED) is 0.519. The summed E-state index contributed by atoms with van der Waals surface area (Å²) in [5.74, 6) is -0.197. The molecule has 0 fully saturated rings. The summed E-state index contributed by atoms with van der Waals surface area (Å²) in [6.07, 6.45) is 1.91. The van der Waals surface area contributed by atoms with E-state index in [0.717, 1.165) is 29.0 Å². The van der Waals surface area contributed by atoms with Gasteiger partial charge in [-0.1, -0.05) is 24.3 Å². The predicted molar refractivity (Wildman–Crippen MR) is 80.8 cm³/mol. The number of hydrogen-bond acceptors (Lipinski definition) is 4. The third kappa shape index (κ3) is 2.09. The van der Waals surface area contributed by atoms with Gasteiger partial charge in [0.2, 0.25) is 0 Å². The van der Waals surface area contributed by atoms with E-state index in [-0.39, 0.29) is 17.2 Å². The number of thiazole rings is 1. The van der Waals surface area contributed by atoms with Crippen molar-refractivity contribution < 1.29 is 5.11 Å². The summed E-state index contributed by atoms with van der Waals surface area (Å²) in [5.41, 5.74) is 3.51. The summed E-state index contributed by atoms with van der Waals surface area (Å²) in [6.45, 7) is 0. The number of benzene rings is 1. The van der Waals surface area contributed by atoms with Crippen molar-refractivity contribution in [2.24, 2.45) is 0 Å². The van der Waals surface area contributed by atoms with Gasteiger partial charge in [-0.2, -0.15) is 5.26 Å². The van der Waals surface area contributed by atoms with Gasteiger partial charge in [-0.15, -0.1) is 22.9 Å². The highest BCUT2D eigenvalue weighted by molar-refractivity contribution is 7.13. The van der Waals surface area contributed by atoms with Crippen LogP contribution in [0.3, 0.4) is 0 Å². The molecule has 3 nitrogen and oxygen atoms in total. The Kier molecular flexibility index (Phi) is 3.47. The van der Waals surface area contributed by atoms with Crippen molar-refractivity contribution in [3.63, 3.8) is 0 Å². The first kappa shape index (κ1) is 13.2. The van der Waals surface area contributed by atoms with Crippen LogP contribution in [0.15, 0.2) is 30.0 Å². The van der Waals surface area contributed by atoms with E-state index in [9.17, 15) is 10.4 Å². The molecule has 0 bridgehead atoms. The van der Waals surface area contributed by atoms with Crippen LogP contribution in [0.2, 0.25) is 0 Å². The van der Waals surface area contributed by atoms with Crippen LogP contribution in [-0.2, 0) is 12.8 Å². The number of fused-ring (bicyclic) bond motifs is 3. The molecule has 0 saturated carbocycles. The first-order chi connectivity index (χ1) is 9.74. The Hall–Kier alpha value is -1.83. The molecule has 1 aliphatic carbocycles. The third-order valence-electron chi connectivity index (χ3n) is 3.33. The van der Waals surface area contributed by atoms with Crippen molar-refractivity contribution in [3.05, 3.63) is 45.5 Å². The van der Waals surface area contributed by atoms with E-state index in [0.29, 0.717) is 5.01 Å². The molecule has 0 radical (unpaired) electrons. The zero-order valence-corrected chi connectivity index (χ0v) is 12.1. The van der Waals surface area contributed by atoms with Crippen LogP contribution in [0.5, 0.6) is 0 Å². The van der Waals surface area contributed by atoms with Gasteiger partial charge in [-0.25, -0.2) is 4.98 Å². The summed E-state index contributed by atoms with van der Waals surface area (Å²) in [6, 6.07) is 10.2. The molecule has 100 valence electrons. The Morgan fingerprint density at radius 1 is 1.40 bits per heavy atom. The minimum atomic E-state index is -0.117. The number of halogens is 1. The van der Waals surface area contributed by atoms with Crippen molar-refractivity contribution in [1.29, 1.82) is 5.26 Å². The molecule has 5 heteroatoms. The number of aliphatic hydroxyl groups excluding tert-OH is 1. The van der Waals surface area contributed by atoms with Gasteiger partial charge in [-0.05, 0) is 18.4 Å². The van der Waals surface area contributed by atoms with Gasteiger partial charge in [0, 0.05) is 10.4 Å². The van der Waals surface area contributed by atoms with Crippen LogP contribution in [0.1, 0.15) is 15.4 Å². The third-order valence-corrected chi connectivity index (χ3v) is 4.72. The minimum absolute atomic E-state index is 0.0796. The highest BCUT2D eigenvalue weighted by Crippen LogP contribution is 2.38. The van der Waals surface area contributed by atoms with Crippen molar-refractivity contribution in [1.82, 2.24) is 4.98 Å². The van der Waals surface area contributed by atoms with E-state index in [1.165, 1.54) is 16.9 Å². The molecule has 1 N–H and O–H groups in total. The molecule has 0 unspecified atom stereocenters. The van der Waals surface area contributed by atoms with Crippen molar-refractivity contribution in [2.45, 2.75) is 12.8 Å². The Balaban J connectivity index is 2.14. The average Bonchev–Trinajstić information content (AvgIpc) is 2.91. The van der Waals surface area contributed by atoms with E-state index in [1.54, 1.807) is 0 Å². The van der Waals surface area contributed by atoms with E-state index < -0.39 is 0 Å². The number of aromatic nitrogens is 1. The van der Waals surface area contributed by atoms with E-state index in [4.69, 9.17) is 11.6 Å². The van der Waals surface area contributed by atoms with Gasteiger partial charge in [0.05, 0.1) is 11.6 Å². The molecule has 2 aromatic rings. The number of allylic oxidation sites excluding steroid dienone is 2. The van der Waals surface area contributed by atoms with Crippen LogP contribution in [0.25, 0.3) is 16.8 Å². The highest BCUT2D eigenvalue weighted by Gasteiger charge is 2.22. The maximum absolute atomic E-state index is 9.72. The van der Waals surface area contributed by atoms with Gasteiger partial charge < -0.3 is 5.11 Å². The van der Waals surface area contributed by atoms with E-state index in [2.05, 4.69) is 11.1 Å². The van der Waals surface area contributed by atoms with Gasteiger partial charge >= 0.3 is 0 Å². The molecule has 1 aromatic carbocycles. The molecule has 0 aliphatic heterocycles. The fraction of sp³-hybridized carbons (Fsp3) is 0.200. The molecule has 1 aliphatic rings. The number of nitrogens with zero attached hydrogens (tertiary/aromatic N) is 2. The lowest BCUT2D eigenvalue weighted by Crippen LogP contribution is -2.01. The normalized spacial score (nSPS) is 14.0. The monoisotopic (exact) mass is 302 g/mol. The lowest BCUT2D eigenvalue weighted by Gasteiger charge is -2.13. The van der Waals surface area contributed by atoms with Crippen LogP contribution >= 0.6 is 22.9 Å². The molecule has 3 rings (SSSR count). The molecule has 0 spiro atoms. The summed E-state index contributed by atoms with van der Waals surface area (Å²) < 4.78 is 0. The van der Waals surface area contributed by atoms with Crippen molar-refractivity contribution in [3.8, 4) is 17.3 Å². The molecular formula is C15H11ClN2OS. The molecule has 0 atom stereocenters. The average molecular weight is 303 g/mol. The molecule has 1 heterocycles. The first-order valence-electron chi connectivity index (χ1n) is 6.21. The van der Waals surface area contributed by atoms with Gasteiger partial charge in [0.15, 0.2) is 0 Å². The molecule has 0 saturated heterocycles. The first-order valence-corrected chi connectivity index (χ1v) is 7.56. The largest absolute Gasteiger partial charge is 0.510 e. The molecule has 0 amide bonds. The second kappa shape index (κ2) is 5.28. The summed E-state index contributed by atoms with van der Waals surface area (Å²) in [7, 11) is 0. The van der Waals surface area contributed by atoms with E-state index in [1.807, 2.05) is 24.3 Å². The number of aliphatic hydroxyl groups is 1. The number of aryl methyl sites for hydroxylation is 2. The summed E-state index contributed by atoms with van der Waals surface area (Å²) in [4.78, 5) is 5.71. The maximum Gasteiger partial charge on any atom is 0.138 e. The minimum Gasteiger partial charge on any atom is -0.510 e. The lowest BCUT2D eigenvalue weighted by molar-refractivity contribution is 0.420. The second-order valence-corrected chi connectivity index (χ2v) is 5.87. The molecular weight excluding hydrogens is 292 g/mol. The maximum atomic E-state index is 9.72. The lowest BCUT2D eigenvalue weighted by atomic mass is 9.94. The van der Waals surface area contributed by atoms with Crippen LogP contribution in [0, 0.1) is 11.3 Å². The fourth-order valence-corrected chi connectivity index (χ4v) is 3.58. The zero-order chi connectivity index (χ0) is 14.1. The second-order valence-electron chi connectivity index (χ2n) is 4.52. The van der Waals surface area contributed by atoms with Crippen LogP contribution in [-0.4, -0.2) is 16.0 Å². The number of nitriles is 1. The van der Waals surface area contributed by atoms with E-state index >= 15 is 0 Å². The number of hydrogen-bond donors (Lipinski definition) is 1. The van der Waals surface area contributed by atoms with Crippen molar-refractivity contribution in [2.75, 3.05) is 5.88 Å². The SMILES string of the molecule is N#CC(=C(O)CCl)c1nc2c(s1)CCc1ccccc1-2. The Morgan fingerprint density at radius 3 is 2.95 bits per heavy atom. The standard InChI is InChI=1S/C15H11ClN2OS/c16-7-12(19)11(8-17)15-18-14-10-4-2-1-3-9(10)5-6-13(14)20-15/h1-4,19H,5-7H2. The number of rotatable bonds is 2. The smallest absolute Gasteiger partial charge is 0.138 e. The van der Waals surface area contributed by atoms with Crippen LogP contribution in [0.4, 0.5) is 0 Å². The Bertz CT molecular complexity index is 743. The Labute approximate surface area is 125 Å². The summed E-state index contributed by atoms with van der Waals surface area (Å²) >= 11 is 7.07. The van der Waals surface area contributed by atoms with Crippen LogP contribution < -0.4 is 0 Å². The van der Waals surface area contributed by atoms with Gasteiger partial charge in [-0.3, -0.25) is 0 Å². The topological polar surface area (TPSA) is 56.9 Å². The number of alkyl halides is 1. The molecule has 20 heavy (non-hydrogen) atoms. The zero-order valence-electron chi connectivity index (χ0n) is 10.6. The summed E-state index contributed by atoms with van der Waals surface area (Å²) in [5, 5.41) is 19.4. The fourth-order valence-electron chi connectivity index (χ4n) is 2.36. The Morgan fingerprint density at radius 2 is 2.20 bits per heavy atom. The predicted octanol–water partition coefficient (Wildman–Crippen LogP) is 3.94. The van der Waals surface area contributed by atoms with Gasteiger partial charge in [0.1, 0.15) is 22.4 Å². The van der Waals surface area contributed by atoms with Gasteiger partial charge in [0.25, 0.3) is 0 Å². The van der Waals surface area contributed by atoms with Crippen molar-refractivity contribution >= 4 is 28.5 Å². The molecule has 1 aromatic heterocycles. The highest BCUT2D eigenvalue weighted by atomic mass is 35.5.